The van der Waals surface area contributed by atoms with E-state index in [1.54, 1.807) is 25.1 Å². The van der Waals surface area contributed by atoms with Crippen LogP contribution in [0.4, 0.5) is 15.0 Å². The molecular formula is C19H22FN5O2. The summed E-state index contributed by atoms with van der Waals surface area (Å²) in [5, 5.41) is 0. The van der Waals surface area contributed by atoms with E-state index in [4.69, 9.17) is 0 Å². The number of carbonyl (C=O) groups is 1. The maximum atomic E-state index is 13.9. The number of halogens is 1. The van der Waals surface area contributed by atoms with Gasteiger partial charge in [0.05, 0.1) is 12.4 Å². The number of nitrogens with zero attached hydrogens (tertiary/aromatic N) is 4. The Morgan fingerprint density at radius 3 is 2.78 bits per heavy atom. The van der Waals surface area contributed by atoms with E-state index in [-0.39, 0.29) is 35.3 Å². The number of hydrogen-bond donors (Lipinski definition) is 1. The Labute approximate surface area is 156 Å². The zero-order chi connectivity index (χ0) is 19.1. The first kappa shape index (κ1) is 17.5. The number of aromatic nitrogens is 2. The molecule has 3 atom stereocenters. The zero-order valence-electron chi connectivity index (χ0n) is 15.3. The monoisotopic (exact) mass is 371 g/mol. The molecule has 0 aliphatic carbocycles. The van der Waals surface area contributed by atoms with Crippen LogP contribution in [0.3, 0.4) is 0 Å². The quantitative estimate of drug-likeness (QED) is 0.872. The summed E-state index contributed by atoms with van der Waals surface area (Å²) in [6.07, 6.45) is 1.40. The van der Waals surface area contributed by atoms with Gasteiger partial charge in [-0.15, -0.1) is 0 Å². The Bertz CT molecular complexity index is 915. The summed E-state index contributed by atoms with van der Waals surface area (Å²) in [4.78, 5) is 36.6. The molecule has 2 aliphatic rings. The Kier molecular flexibility index (Phi) is 4.33. The zero-order valence-corrected chi connectivity index (χ0v) is 15.3. The third-order valence-electron chi connectivity index (χ3n) is 5.47. The highest BCUT2D eigenvalue weighted by Crippen LogP contribution is 2.46. The van der Waals surface area contributed by atoms with E-state index in [1.807, 2.05) is 11.0 Å². The lowest BCUT2D eigenvalue weighted by Crippen LogP contribution is -2.41. The van der Waals surface area contributed by atoms with Crippen LogP contribution < -0.4 is 10.5 Å². The first-order chi connectivity index (χ1) is 12.9. The van der Waals surface area contributed by atoms with E-state index < -0.39 is 0 Å². The van der Waals surface area contributed by atoms with E-state index >= 15 is 0 Å². The number of amides is 2. The molecule has 2 saturated heterocycles. The molecule has 3 heterocycles. The number of anilines is 1. The van der Waals surface area contributed by atoms with Crippen LogP contribution in [0, 0.1) is 17.7 Å². The molecule has 7 nitrogen and oxygen atoms in total. The number of aromatic amines is 1. The molecule has 0 spiro atoms. The molecule has 1 aromatic heterocycles. The SMILES string of the molecule is CN(C)C(=O)N1C[C@H]2CN(c3cc(=O)[nH]cn3)C[C@H]2[C@@H]1c1cccc(F)c1. The predicted octanol–water partition coefficient (Wildman–Crippen LogP) is 1.70. The topological polar surface area (TPSA) is 72.5 Å². The molecule has 142 valence electrons. The van der Waals surface area contributed by atoms with E-state index in [0.717, 1.165) is 5.56 Å². The van der Waals surface area contributed by atoms with Crippen molar-refractivity contribution in [3.05, 3.63) is 58.4 Å². The number of fused-ring (bicyclic) bond motifs is 1. The first-order valence-corrected chi connectivity index (χ1v) is 8.97. The van der Waals surface area contributed by atoms with Crippen LogP contribution in [-0.2, 0) is 0 Å². The molecule has 8 heteroatoms. The van der Waals surface area contributed by atoms with Gasteiger partial charge in [-0.1, -0.05) is 12.1 Å². The van der Waals surface area contributed by atoms with Crippen molar-refractivity contribution in [3.63, 3.8) is 0 Å². The fourth-order valence-corrected chi connectivity index (χ4v) is 4.33. The van der Waals surface area contributed by atoms with Gasteiger partial charge in [0.25, 0.3) is 5.56 Å². The maximum absolute atomic E-state index is 13.9. The Morgan fingerprint density at radius 1 is 1.26 bits per heavy atom. The van der Waals surface area contributed by atoms with Crippen molar-refractivity contribution in [1.29, 1.82) is 0 Å². The molecule has 2 aliphatic heterocycles. The Morgan fingerprint density at radius 2 is 2.07 bits per heavy atom. The number of carbonyl (C=O) groups excluding carboxylic acids is 1. The summed E-state index contributed by atoms with van der Waals surface area (Å²) in [6, 6.07) is 7.70. The fourth-order valence-electron chi connectivity index (χ4n) is 4.33. The number of rotatable bonds is 2. The minimum Gasteiger partial charge on any atom is -0.356 e. The molecule has 2 amide bonds. The predicted molar refractivity (Wildman–Crippen MR) is 99.0 cm³/mol. The summed E-state index contributed by atoms with van der Waals surface area (Å²) >= 11 is 0. The molecule has 2 fully saturated rings. The lowest BCUT2D eigenvalue weighted by Gasteiger charge is -2.32. The fraction of sp³-hybridized carbons (Fsp3) is 0.421. The van der Waals surface area contributed by atoms with Crippen LogP contribution in [0.5, 0.6) is 0 Å². The van der Waals surface area contributed by atoms with Gasteiger partial charge in [0.15, 0.2) is 0 Å². The van der Waals surface area contributed by atoms with Crippen molar-refractivity contribution in [3.8, 4) is 0 Å². The minimum absolute atomic E-state index is 0.0699. The van der Waals surface area contributed by atoms with Gasteiger partial charge < -0.3 is 19.7 Å². The Hall–Kier alpha value is -2.90. The highest BCUT2D eigenvalue weighted by molar-refractivity contribution is 5.75. The molecule has 0 radical (unpaired) electrons. The molecule has 0 bridgehead atoms. The van der Waals surface area contributed by atoms with E-state index in [2.05, 4.69) is 14.9 Å². The lowest BCUT2D eigenvalue weighted by atomic mass is 9.89. The lowest BCUT2D eigenvalue weighted by molar-refractivity contribution is 0.159. The van der Waals surface area contributed by atoms with E-state index in [9.17, 15) is 14.0 Å². The highest BCUT2D eigenvalue weighted by Gasteiger charge is 2.49. The van der Waals surface area contributed by atoms with Crippen LogP contribution in [-0.4, -0.2) is 59.5 Å². The second kappa shape index (κ2) is 6.68. The second-order valence-corrected chi connectivity index (χ2v) is 7.43. The van der Waals surface area contributed by atoms with Gasteiger partial charge in [-0.2, -0.15) is 0 Å². The van der Waals surface area contributed by atoms with Gasteiger partial charge in [-0.3, -0.25) is 4.79 Å². The van der Waals surface area contributed by atoms with Crippen LogP contribution in [0.1, 0.15) is 11.6 Å². The molecule has 0 saturated carbocycles. The largest absolute Gasteiger partial charge is 0.356 e. The maximum Gasteiger partial charge on any atom is 0.320 e. The minimum atomic E-state index is -0.306. The van der Waals surface area contributed by atoms with Gasteiger partial charge in [-0.25, -0.2) is 14.2 Å². The van der Waals surface area contributed by atoms with Crippen LogP contribution in [0.15, 0.2) is 41.5 Å². The van der Waals surface area contributed by atoms with Crippen LogP contribution >= 0.6 is 0 Å². The van der Waals surface area contributed by atoms with E-state index in [1.165, 1.54) is 24.5 Å². The third-order valence-corrected chi connectivity index (χ3v) is 5.47. The number of hydrogen-bond acceptors (Lipinski definition) is 4. The normalized spacial score (nSPS) is 24.2. The van der Waals surface area contributed by atoms with Crippen molar-refractivity contribution in [2.45, 2.75) is 6.04 Å². The van der Waals surface area contributed by atoms with Crippen molar-refractivity contribution >= 4 is 11.8 Å². The van der Waals surface area contributed by atoms with Gasteiger partial charge in [0, 0.05) is 51.6 Å². The highest BCUT2D eigenvalue weighted by atomic mass is 19.1. The second-order valence-electron chi connectivity index (χ2n) is 7.43. The van der Waals surface area contributed by atoms with Gasteiger partial charge in [0.2, 0.25) is 0 Å². The number of benzene rings is 1. The van der Waals surface area contributed by atoms with Crippen molar-refractivity contribution in [1.82, 2.24) is 19.8 Å². The van der Waals surface area contributed by atoms with Gasteiger partial charge in [0.1, 0.15) is 11.6 Å². The van der Waals surface area contributed by atoms with Crippen molar-refractivity contribution in [2.75, 3.05) is 38.6 Å². The van der Waals surface area contributed by atoms with Crippen molar-refractivity contribution < 1.29 is 9.18 Å². The Balaban J connectivity index is 1.66. The molecule has 2 aromatic rings. The van der Waals surface area contributed by atoms with Crippen LogP contribution in [0.25, 0.3) is 0 Å². The first-order valence-electron chi connectivity index (χ1n) is 8.97. The molecule has 27 heavy (non-hydrogen) atoms. The van der Waals surface area contributed by atoms with E-state index in [0.29, 0.717) is 25.5 Å². The summed E-state index contributed by atoms with van der Waals surface area (Å²) in [6.45, 7) is 1.98. The summed E-state index contributed by atoms with van der Waals surface area (Å²) in [7, 11) is 3.46. The summed E-state index contributed by atoms with van der Waals surface area (Å²) in [5.74, 6) is 0.719. The average molecular weight is 371 g/mol. The number of likely N-dealkylation sites (tertiary alicyclic amines) is 1. The molecule has 0 unspecified atom stereocenters. The van der Waals surface area contributed by atoms with Crippen molar-refractivity contribution in [2.24, 2.45) is 11.8 Å². The smallest absolute Gasteiger partial charge is 0.320 e. The molecular weight excluding hydrogens is 349 g/mol. The third kappa shape index (κ3) is 3.15. The molecule has 1 aromatic carbocycles. The molecule has 1 N–H and O–H groups in total. The van der Waals surface area contributed by atoms with Gasteiger partial charge >= 0.3 is 6.03 Å². The summed E-state index contributed by atoms with van der Waals surface area (Å²) in [5.41, 5.74) is 0.613. The summed E-state index contributed by atoms with van der Waals surface area (Å²) < 4.78 is 13.9. The molecule has 4 rings (SSSR count). The average Bonchev–Trinajstić information content (AvgIpc) is 3.18. The van der Waals surface area contributed by atoms with Crippen LogP contribution in [0.2, 0.25) is 0 Å². The number of urea groups is 1. The van der Waals surface area contributed by atoms with Gasteiger partial charge in [-0.05, 0) is 17.7 Å². The number of nitrogens with one attached hydrogen (secondary N) is 1. The number of H-pyrrole nitrogens is 1. The standard InChI is InChI=1S/C19H22FN5O2/c1-23(2)19(27)25-9-13-8-24(16-7-17(26)22-11-21-16)10-15(13)18(25)12-4-3-5-14(20)6-12/h3-7,11,13,15,18H,8-10H2,1-2H3,(H,21,22,26)/t13-,15-,18+/m1/s1.